The van der Waals surface area contributed by atoms with Crippen LogP contribution in [0.5, 0.6) is 5.75 Å². The van der Waals surface area contributed by atoms with Gasteiger partial charge in [-0.3, -0.25) is 9.36 Å². The second kappa shape index (κ2) is 8.16. The van der Waals surface area contributed by atoms with E-state index < -0.39 is 6.10 Å². The van der Waals surface area contributed by atoms with Crippen molar-refractivity contribution >= 4 is 21.7 Å². The van der Waals surface area contributed by atoms with Crippen molar-refractivity contribution in [2.45, 2.75) is 44.2 Å². The third-order valence-corrected chi connectivity index (χ3v) is 6.48. The van der Waals surface area contributed by atoms with Crippen molar-refractivity contribution in [1.29, 1.82) is 0 Å². The number of aromatic nitrogens is 2. The molecule has 0 aliphatic heterocycles. The van der Waals surface area contributed by atoms with Gasteiger partial charge in [0.05, 0.1) is 36.5 Å². The molecular formula is C26H26N2O3. The Labute approximate surface area is 180 Å². The first-order valence-corrected chi connectivity index (χ1v) is 10.9. The molecule has 31 heavy (non-hydrogen) atoms. The molecule has 1 N–H and O–H groups in total. The molecule has 5 rings (SSSR count). The van der Waals surface area contributed by atoms with Gasteiger partial charge in [-0.2, -0.15) is 0 Å². The minimum absolute atomic E-state index is 0.0716. The number of nitrogens with zero attached hydrogens (tertiary/aromatic N) is 2. The molecule has 3 aromatic carbocycles. The second-order valence-electron chi connectivity index (χ2n) is 8.38. The standard InChI is InChI=1S/C26H26N2O3/c1-31-19-12-10-17(11-13-19)14-18-15-22-25(21-7-3-2-6-20(18)21)27-16-28(26(22)30)23-8-4-5-9-24(23)29/h2-3,6-7,10-13,15-16,23-24,29H,4-5,8-9,14H2,1H3/t23-,24-/m0/s1. The minimum Gasteiger partial charge on any atom is -0.497 e. The van der Waals surface area contributed by atoms with Gasteiger partial charge in [0.15, 0.2) is 0 Å². The van der Waals surface area contributed by atoms with Crippen molar-refractivity contribution in [3.05, 3.63) is 82.4 Å². The van der Waals surface area contributed by atoms with Crippen LogP contribution in [0.15, 0.2) is 65.7 Å². The number of rotatable bonds is 4. The smallest absolute Gasteiger partial charge is 0.261 e. The highest BCUT2D eigenvalue weighted by atomic mass is 16.5. The maximum Gasteiger partial charge on any atom is 0.261 e. The lowest BCUT2D eigenvalue weighted by atomic mass is 9.92. The van der Waals surface area contributed by atoms with Gasteiger partial charge in [-0.25, -0.2) is 4.98 Å². The monoisotopic (exact) mass is 414 g/mol. The van der Waals surface area contributed by atoms with Crippen LogP contribution in [0.3, 0.4) is 0 Å². The Morgan fingerprint density at radius 3 is 2.52 bits per heavy atom. The molecule has 1 aromatic heterocycles. The maximum atomic E-state index is 13.5. The van der Waals surface area contributed by atoms with Gasteiger partial charge in [0.25, 0.3) is 5.56 Å². The second-order valence-corrected chi connectivity index (χ2v) is 8.38. The maximum absolute atomic E-state index is 13.5. The van der Waals surface area contributed by atoms with Gasteiger partial charge < -0.3 is 9.84 Å². The van der Waals surface area contributed by atoms with Gasteiger partial charge in [-0.05, 0) is 54.0 Å². The Morgan fingerprint density at radius 1 is 1.03 bits per heavy atom. The van der Waals surface area contributed by atoms with Crippen LogP contribution < -0.4 is 10.3 Å². The van der Waals surface area contributed by atoms with Gasteiger partial charge in [-0.1, -0.05) is 49.2 Å². The zero-order chi connectivity index (χ0) is 21.4. The highest BCUT2D eigenvalue weighted by molar-refractivity contribution is 6.06. The summed E-state index contributed by atoms with van der Waals surface area (Å²) in [5.74, 6) is 0.824. The number of hydrogen-bond acceptors (Lipinski definition) is 4. The summed E-state index contributed by atoms with van der Waals surface area (Å²) in [5.41, 5.74) is 2.89. The molecule has 5 nitrogen and oxygen atoms in total. The van der Waals surface area contributed by atoms with Crippen molar-refractivity contribution in [3.8, 4) is 5.75 Å². The van der Waals surface area contributed by atoms with Crippen LogP contribution in [0.1, 0.15) is 42.9 Å². The lowest BCUT2D eigenvalue weighted by Gasteiger charge is -2.29. The number of benzene rings is 3. The molecule has 0 unspecified atom stereocenters. The first kappa shape index (κ1) is 19.8. The highest BCUT2D eigenvalue weighted by Crippen LogP contribution is 2.30. The average Bonchev–Trinajstić information content (AvgIpc) is 2.81. The third kappa shape index (κ3) is 3.59. The van der Waals surface area contributed by atoms with Crippen LogP contribution in [0.25, 0.3) is 21.7 Å². The molecule has 1 fully saturated rings. The van der Waals surface area contributed by atoms with Crippen LogP contribution in [-0.4, -0.2) is 27.9 Å². The molecule has 0 saturated heterocycles. The number of aliphatic hydroxyl groups is 1. The lowest BCUT2D eigenvalue weighted by Crippen LogP contribution is -2.34. The normalized spacial score (nSPS) is 19.0. The third-order valence-electron chi connectivity index (χ3n) is 6.48. The molecule has 158 valence electrons. The summed E-state index contributed by atoms with van der Waals surface area (Å²) in [5, 5.41) is 13.2. The SMILES string of the molecule is COc1ccc(Cc2cc3c(=O)n([C@H]4CCCC[C@@H]4O)cnc3c3ccccc23)cc1. The molecule has 0 amide bonds. The fourth-order valence-electron chi connectivity index (χ4n) is 4.81. The van der Waals surface area contributed by atoms with E-state index in [-0.39, 0.29) is 11.6 Å². The van der Waals surface area contributed by atoms with Gasteiger partial charge in [0.1, 0.15) is 5.75 Å². The van der Waals surface area contributed by atoms with E-state index >= 15 is 0 Å². The van der Waals surface area contributed by atoms with Crippen LogP contribution in [0.2, 0.25) is 0 Å². The molecule has 4 aromatic rings. The topological polar surface area (TPSA) is 64.3 Å². The fourth-order valence-corrected chi connectivity index (χ4v) is 4.81. The summed E-state index contributed by atoms with van der Waals surface area (Å²) in [4.78, 5) is 18.2. The lowest BCUT2D eigenvalue weighted by molar-refractivity contribution is 0.0735. The van der Waals surface area contributed by atoms with Crippen LogP contribution in [0, 0.1) is 0 Å². The Morgan fingerprint density at radius 2 is 1.77 bits per heavy atom. The molecule has 1 heterocycles. The van der Waals surface area contributed by atoms with Crippen molar-refractivity contribution in [3.63, 3.8) is 0 Å². The average molecular weight is 415 g/mol. The molecule has 0 spiro atoms. The number of hydrogen-bond donors (Lipinski definition) is 1. The van der Waals surface area contributed by atoms with Crippen molar-refractivity contribution in [2.24, 2.45) is 0 Å². The Hall–Kier alpha value is -3.18. The van der Waals surface area contributed by atoms with Crippen molar-refractivity contribution in [2.75, 3.05) is 7.11 Å². The highest BCUT2D eigenvalue weighted by Gasteiger charge is 2.26. The van der Waals surface area contributed by atoms with Gasteiger partial charge >= 0.3 is 0 Å². The van der Waals surface area contributed by atoms with E-state index in [0.29, 0.717) is 11.8 Å². The van der Waals surface area contributed by atoms with Crippen molar-refractivity contribution in [1.82, 2.24) is 9.55 Å². The van der Waals surface area contributed by atoms with Crippen LogP contribution in [0.4, 0.5) is 0 Å². The van der Waals surface area contributed by atoms with Crippen molar-refractivity contribution < 1.29 is 9.84 Å². The van der Waals surface area contributed by atoms with E-state index in [1.54, 1.807) is 18.0 Å². The fraction of sp³-hybridized carbons (Fsp3) is 0.308. The molecule has 5 heteroatoms. The number of methoxy groups -OCH3 is 1. The van der Waals surface area contributed by atoms with Gasteiger partial charge in [-0.15, -0.1) is 0 Å². The Bertz CT molecular complexity index is 1290. The summed E-state index contributed by atoms with van der Waals surface area (Å²) in [6.45, 7) is 0. The number of ether oxygens (including phenoxy) is 1. The van der Waals surface area contributed by atoms with E-state index in [1.165, 1.54) is 0 Å². The molecule has 1 aliphatic carbocycles. The Kier molecular flexibility index (Phi) is 5.20. The quantitative estimate of drug-likeness (QED) is 0.495. The molecule has 1 saturated carbocycles. The summed E-state index contributed by atoms with van der Waals surface area (Å²) in [7, 11) is 1.66. The summed E-state index contributed by atoms with van der Waals surface area (Å²) in [6.07, 6.45) is 5.40. The first-order valence-electron chi connectivity index (χ1n) is 10.9. The zero-order valence-corrected chi connectivity index (χ0v) is 17.6. The first-order chi connectivity index (χ1) is 15.2. The largest absolute Gasteiger partial charge is 0.497 e. The zero-order valence-electron chi connectivity index (χ0n) is 17.6. The predicted molar refractivity (Wildman–Crippen MR) is 123 cm³/mol. The molecule has 2 atom stereocenters. The molecular weight excluding hydrogens is 388 g/mol. The van der Waals surface area contributed by atoms with Gasteiger partial charge in [0.2, 0.25) is 0 Å². The number of fused-ring (bicyclic) bond motifs is 3. The van der Waals surface area contributed by atoms with Gasteiger partial charge in [0, 0.05) is 5.39 Å². The van der Waals surface area contributed by atoms with E-state index in [4.69, 9.17) is 4.74 Å². The van der Waals surface area contributed by atoms with E-state index in [1.807, 2.05) is 36.4 Å². The Balaban J connectivity index is 1.67. The van der Waals surface area contributed by atoms with E-state index in [0.717, 1.165) is 58.8 Å². The summed E-state index contributed by atoms with van der Waals surface area (Å²) >= 11 is 0. The molecule has 0 bridgehead atoms. The summed E-state index contributed by atoms with van der Waals surface area (Å²) in [6, 6.07) is 17.9. The van der Waals surface area contributed by atoms with E-state index in [2.05, 4.69) is 23.2 Å². The van der Waals surface area contributed by atoms with E-state index in [9.17, 15) is 9.90 Å². The number of aliphatic hydroxyl groups excluding tert-OH is 1. The molecule has 1 aliphatic rings. The predicted octanol–water partition coefficient (Wildman–Crippen LogP) is 4.63. The minimum atomic E-state index is -0.495. The van der Waals surface area contributed by atoms with Crippen LogP contribution >= 0.6 is 0 Å². The van der Waals surface area contributed by atoms with Crippen LogP contribution in [-0.2, 0) is 6.42 Å². The molecule has 0 radical (unpaired) electrons. The summed E-state index contributed by atoms with van der Waals surface area (Å²) < 4.78 is 6.92.